The molecule has 2 rings (SSSR count). The Balaban J connectivity index is 1.91. The van der Waals surface area contributed by atoms with Gasteiger partial charge >= 0.3 is 0 Å². The van der Waals surface area contributed by atoms with E-state index in [9.17, 15) is 4.79 Å². The number of methoxy groups -OCH3 is 1. The molecular weight excluding hydrogens is 358 g/mol. The summed E-state index contributed by atoms with van der Waals surface area (Å²) in [6, 6.07) is 12.6. The molecule has 0 unspecified atom stereocenters. The second-order valence-corrected chi connectivity index (χ2v) is 6.11. The molecule has 0 aromatic heterocycles. The maximum Gasteiger partial charge on any atom is 0.251 e. The maximum atomic E-state index is 12.4. The lowest BCUT2D eigenvalue weighted by Gasteiger charge is -2.14. The number of hydrogen-bond acceptors (Lipinski definition) is 5. The van der Waals surface area contributed by atoms with E-state index in [1.54, 1.807) is 25.3 Å². The Labute approximate surface area is 166 Å². The van der Waals surface area contributed by atoms with Gasteiger partial charge < -0.3 is 24.3 Å². The van der Waals surface area contributed by atoms with E-state index in [0.29, 0.717) is 54.9 Å². The van der Waals surface area contributed by atoms with Crippen LogP contribution in [-0.4, -0.2) is 39.4 Å². The first-order valence-corrected chi connectivity index (χ1v) is 9.63. The van der Waals surface area contributed by atoms with Crippen LogP contribution >= 0.6 is 0 Å². The van der Waals surface area contributed by atoms with E-state index in [1.807, 2.05) is 38.1 Å². The van der Waals surface area contributed by atoms with Gasteiger partial charge in [-0.3, -0.25) is 4.79 Å². The van der Waals surface area contributed by atoms with E-state index >= 15 is 0 Å². The van der Waals surface area contributed by atoms with E-state index in [-0.39, 0.29) is 5.91 Å². The van der Waals surface area contributed by atoms with Crippen LogP contribution < -0.4 is 24.3 Å². The second-order valence-electron chi connectivity index (χ2n) is 6.11. The molecule has 0 spiro atoms. The summed E-state index contributed by atoms with van der Waals surface area (Å²) in [4.78, 5) is 12.4. The van der Waals surface area contributed by atoms with Crippen LogP contribution in [0.25, 0.3) is 0 Å². The van der Waals surface area contributed by atoms with Crippen molar-refractivity contribution >= 4 is 5.91 Å². The Morgan fingerprint density at radius 3 is 2.11 bits per heavy atom. The molecular formula is C22H29NO5. The van der Waals surface area contributed by atoms with Gasteiger partial charge in [-0.2, -0.15) is 0 Å². The molecule has 0 heterocycles. The average Bonchev–Trinajstić information content (AvgIpc) is 2.74. The van der Waals surface area contributed by atoms with Crippen LogP contribution in [0.2, 0.25) is 0 Å². The fourth-order valence-corrected chi connectivity index (χ4v) is 2.47. The Hall–Kier alpha value is -2.89. The summed E-state index contributed by atoms with van der Waals surface area (Å²) >= 11 is 0. The van der Waals surface area contributed by atoms with Crippen molar-refractivity contribution in [2.45, 2.75) is 26.7 Å². The highest BCUT2D eigenvalue weighted by molar-refractivity contribution is 5.94. The van der Waals surface area contributed by atoms with Crippen molar-refractivity contribution in [3.05, 3.63) is 48.0 Å². The first-order valence-electron chi connectivity index (χ1n) is 9.63. The van der Waals surface area contributed by atoms with Crippen molar-refractivity contribution in [3.8, 4) is 23.0 Å². The summed E-state index contributed by atoms with van der Waals surface area (Å²) in [7, 11) is 1.59. The third kappa shape index (κ3) is 6.37. The van der Waals surface area contributed by atoms with E-state index in [4.69, 9.17) is 18.9 Å². The number of para-hydroxylation sites is 2. The van der Waals surface area contributed by atoms with E-state index in [2.05, 4.69) is 5.32 Å². The topological polar surface area (TPSA) is 66.0 Å². The molecule has 0 atom stereocenters. The lowest BCUT2D eigenvalue weighted by molar-refractivity contribution is 0.0946. The average molecular weight is 387 g/mol. The number of amides is 1. The highest BCUT2D eigenvalue weighted by atomic mass is 16.5. The summed E-state index contributed by atoms with van der Waals surface area (Å²) in [5, 5.41) is 2.85. The molecule has 28 heavy (non-hydrogen) atoms. The fourth-order valence-electron chi connectivity index (χ4n) is 2.47. The number of hydrogen-bond donors (Lipinski definition) is 1. The fraction of sp³-hybridized carbons (Fsp3) is 0.409. The summed E-state index contributed by atoms with van der Waals surface area (Å²) in [5.74, 6) is 2.37. The molecule has 0 aliphatic heterocycles. The molecule has 6 nitrogen and oxygen atoms in total. The van der Waals surface area contributed by atoms with Crippen molar-refractivity contribution in [1.82, 2.24) is 5.32 Å². The standard InChI is InChI=1S/C22H29NO5/c1-4-13-26-20-11-10-17(16-21(20)27-14-5-2)22(24)23-12-15-28-19-9-7-6-8-18(19)25-3/h6-11,16H,4-5,12-15H2,1-3H3,(H,23,24). The van der Waals surface area contributed by atoms with Crippen LogP contribution in [0.15, 0.2) is 42.5 Å². The van der Waals surface area contributed by atoms with Gasteiger partial charge in [0.2, 0.25) is 0 Å². The molecule has 0 fully saturated rings. The summed E-state index contributed by atoms with van der Waals surface area (Å²) in [6.07, 6.45) is 1.78. The number of benzene rings is 2. The van der Waals surface area contributed by atoms with Gasteiger partial charge in [-0.15, -0.1) is 0 Å². The lowest BCUT2D eigenvalue weighted by Crippen LogP contribution is -2.28. The Morgan fingerprint density at radius 2 is 1.43 bits per heavy atom. The minimum Gasteiger partial charge on any atom is -0.493 e. The van der Waals surface area contributed by atoms with E-state index in [0.717, 1.165) is 12.8 Å². The molecule has 152 valence electrons. The highest BCUT2D eigenvalue weighted by Crippen LogP contribution is 2.29. The second kappa shape index (κ2) is 11.7. The molecule has 0 aliphatic rings. The van der Waals surface area contributed by atoms with Crippen molar-refractivity contribution in [2.24, 2.45) is 0 Å². The Morgan fingerprint density at radius 1 is 0.821 bits per heavy atom. The number of rotatable bonds is 12. The normalized spacial score (nSPS) is 10.2. The monoisotopic (exact) mass is 387 g/mol. The first-order chi connectivity index (χ1) is 13.7. The van der Waals surface area contributed by atoms with Crippen LogP contribution in [0, 0.1) is 0 Å². The predicted octanol–water partition coefficient (Wildman–Crippen LogP) is 4.08. The molecule has 1 N–H and O–H groups in total. The molecule has 0 radical (unpaired) electrons. The lowest BCUT2D eigenvalue weighted by atomic mass is 10.2. The van der Waals surface area contributed by atoms with Gasteiger partial charge in [0.25, 0.3) is 5.91 Å². The minimum atomic E-state index is -0.188. The SMILES string of the molecule is CCCOc1ccc(C(=O)NCCOc2ccccc2OC)cc1OCCC. The smallest absolute Gasteiger partial charge is 0.251 e. The van der Waals surface area contributed by atoms with Crippen molar-refractivity contribution < 1.29 is 23.7 Å². The summed E-state index contributed by atoms with van der Waals surface area (Å²) < 4.78 is 22.3. The molecule has 0 saturated carbocycles. The van der Waals surface area contributed by atoms with Crippen molar-refractivity contribution in [2.75, 3.05) is 33.5 Å². The first kappa shape index (κ1) is 21.4. The van der Waals surface area contributed by atoms with Crippen LogP contribution in [0.1, 0.15) is 37.0 Å². The number of carbonyl (C=O) groups is 1. The third-order valence-electron chi connectivity index (χ3n) is 3.84. The summed E-state index contributed by atoms with van der Waals surface area (Å²) in [6.45, 7) is 5.96. The zero-order valence-corrected chi connectivity index (χ0v) is 16.8. The summed E-state index contributed by atoms with van der Waals surface area (Å²) in [5.41, 5.74) is 0.521. The van der Waals surface area contributed by atoms with Gasteiger partial charge in [-0.05, 0) is 43.2 Å². The molecule has 0 saturated heterocycles. The van der Waals surface area contributed by atoms with Gasteiger partial charge in [0, 0.05) is 5.56 Å². The van der Waals surface area contributed by atoms with Gasteiger partial charge in [-0.1, -0.05) is 26.0 Å². The Kier molecular flexibility index (Phi) is 8.98. The van der Waals surface area contributed by atoms with Crippen LogP contribution in [-0.2, 0) is 0 Å². The number of nitrogens with one attached hydrogen (secondary N) is 1. The number of ether oxygens (including phenoxy) is 4. The number of carbonyl (C=O) groups excluding carboxylic acids is 1. The molecule has 2 aromatic carbocycles. The molecule has 1 amide bonds. The quantitative estimate of drug-likeness (QED) is 0.556. The van der Waals surface area contributed by atoms with Gasteiger partial charge in [0.15, 0.2) is 23.0 Å². The molecule has 6 heteroatoms. The zero-order valence-electron chi connectivity index (χ0n) is 16.8. The largest absolute Gasteiger partial charge is 0.493 e. The van der Waals surface area contributed by atoms with E-state index in [1.165, 1.54) is 0 Å². The molecule has 0 bridgehead atoms. The van der Waals surface area contributed by atoms with Gasteiger partial charge in [-0.25, -0.2) is 0 Å². The van der Waals surface area contributed by atoms with Crippen molar-refractivity contribution in [1.29, 1.82) is 0 Å². The molecule has 0 aliphatic carbocycles. The van der Waals surface area contributed by atoms with Gasteiger partial charge in [0.1, 0.15) is 6.61 Å². The highest BCUT2D eigenvalue weighted by Gasteiger charge is 2.12. The Bertz CT molecular complexity index is 747. The zero-order chi connectivity index (χ0) is 20.2. The van der Waals surface area contributed by atoms with Crippen LogP contribution in [0.4, 0.5) is 0 Å². The van der Waals surface area contributed by atoms with Gasteiger partial charge in [0.05, 0.1) is 26.9 Å². The van der Waals surface area contributed by atoms with E-state index < -0.39 is 0 Å². The molecule has 2 aromatic rings. The third-order valence-corrected chi connectivity index (χ3v) is 3.84. The maximum absolute atomic E-state index is 12.4. The van der Waals surface area contributed by atoms with Crippen molar-refractivity contribution in [3.63, 3.8) is 0 Å². The minimum absolute atomic E-state index is 0.188. The predicted molar refractivity (Wildman–Crippen MR) is 109 cm³/mol. The van der Waals surface area contributed by atoms with Crippen LogP contribution in [0.5, 0.6) is 23.0 Å². The van der Waals surface area contributed by atoms with Crippen LogP contribution in [0.3, 0.4) is 0 Å².